The van der Waals surface area contributed by atoms with E-state index < -0.39 is 56.7 Å². The Morgan fingerprint density at radius 2 is 0.895 bits per heavy atom. The van der Waals surface area contributed by atoms with E-state index in [0.717, 1.165) is 34.0 Å². The number of aromatic hydroxyl groups is 1. The molecule has 3 unspecified atom stereocenters. The minimum absolute atomic E-state index is 0.0256. The van der Waals surface area contributed by atoms with Gasteiger partial charge < -0.3 is 43.2 Å². The Labute approximate surface area is 735 Å². The van der Waals surface area contributed by atoms with Gasteiger partial charge >= 0.3 is 35.8 Å². The Hall–Kier alpha value is -11.3. The molecule has 3 aromatic carbocycles. The molecule has 3 saturated carbocycles. The van der Waals surface area contributed by atoms with Crippen LogP contribution in [0.4, 0.5) is 32.0 Å². The fraction of sp³-hybridized carbons (Fsp3) is 0.296. The molecule has 12 aromatic rings. The number of nitrogens with zero attached hydrogens (tertiary/aromatic N) is 15. The van der Waals surface area contributed by atoms with Crippen molar-refractivity contribution in [3.8, 4) is 70.4 Å². The number of alkyl halides is 6. The molecule has 27 nitrogen and oxygen atoms in total. The Bertz CT molecular complexity index is 6460. The predicted molar refractivity (Wildman–Crippen MR) is 456 cm³/mol. The van der Waals surface area contributed by atoms with Gasteiger partial charge in [0.25, 0.3) is 17.8 Å². The molecule has 9 aromatic heterocycles. The Morgan fingerprint density at radius 3 is 1.29 bits per heavy atom. The smallest absolute Gasteiger partial charge is 0.508 e. The minimum atomic E-state index is -2.72. The number of rotatable bonds is 13. The average Bonchev–Trinajstić information content (AvgIpc) is 1.61. The Morgan fingerprint density at radius 1 is 0.500 bits per heavy atom. The lowest BCUT2D eigenvalue weighted by Crippen LogP contribution is -2.41. The second-order valence-corrected chi connectivity index (χ2v) is 34.5. The standard InChI is InChI=1S/C23H13F2N5O2S.C13H6ClN3O.C12H24B2O4.C10H9BF2N2O3S.C10H7ClF2N2OS.C7H4ClNO.C6H3ClN2/c24-23(25)9-14(23)12-30-20-4-3-19(29-21(20)33-22(30)31)18-8-16(2-1-13(18)10-26)32-17-5-6-28-15(7-17)11-27;14-13-6-11(2-1-9(13)7-15)18-12-3-4-17-10(5-12)8-16;1-9(2)10(3,4)16-13(15-9)14-17-11(5,6)12(7,8)18-14;12-10(13)3-5(10)4-15-6-1-2-7(11(17)18)14-8(6)19-9(15)16;11-7-2-1-6-8(14-7)17-9(16)15(6)4-5-3-10(5,12)13;1-9-7-3-2-5(10)4-6(7)8;7-5-1-2-9-6(3-5)4-8/h1-8,14H,9,12H2;1-6H;1-8H3;1-2,5,17-18H,3-4H2;1-2,5H,3-4H2;2-4,10H;1-3H. The van der Waals surface area contributed by atoms with Crippen LogP contribution < -0.4 is 29.7 Å². The summed E-state index contributed by atoms with van der Waals surface area (Å²) in [7, 11) is -2.67. The highest BCUT2D eigenvalue weighted by molar-refractivity contribution is 7.16. The third kappa shape index (κ3) is 22.8. The first-order valence-corrected chi connectivity index (χ1v) is 40.9. The fourth-order valence-corrected chi connectivity index (χ4v) is 15.1. The van der Waals surface area contributed by atoms with Gasteiger partial charge in [-0.05, 0) is 159 Å². The highest BCUT2D eigenvalue weighted by atomic mass is 35.5. The molecule has 3 aliphatic carbocycles. The van der Waals surface area contributed by atoms with Crippen molar-refractivity contribution in [1.82, 2.24) is 43.6 Å². The van der Waals surface area contributed by atoms with E-state index in [0.29, 0.717) is 103 Å². The summed E-state index contributed by atoms with van der Waals surface area (Å²) >= 11 is 25.3. The first kappa shape index (κ1) is 93.4. The van der Waals surface area contributed by atoms with Gasteiger partial charge in [-0.3, -0.25) is 28.1 Å². The van der Waals surface area contributed by atoms with Gasteiger partial charge in [0.05, 0.1) is 84.1 Å². The summed E-state index contributed by atoms with van der Waals surface area (Å²) in [6.07, 6.45) is 3.89. The van der Waals surface area contributed by atoms with Crippen LogP contribution in [0.2, 0.25) is 20.2 Å². The molecule has 5 aliphatic rings. The molecule has 11 heterocycles. The minimum Gasteiger partial charge on any atom is -0.508 e. The summed E-state index contributed by atoms with van der Waals surface area (Å²) in [5.41, 5.74) is 2.96. The van der Waals surface area contributed by atoms with Crippen molar-refractivity contribution in [2.24, 2.45) is 17.8 Å². The molecular weight excluding hydrogens is 1760 g/mol. The van der Waals surface area contributed by atoms with Crippen molar-refractivity contribution in [2.75, 3.05) is 0 Å². The quantitative estimate of drug-likeness (QED) is 0.0418. The maximum atomic E-state index is 13.3. The number of benzene rings is 3. The molecule has 0 radical (unpaired) electrons. The number of ether oxygens (including phenoxy) is 2. The summed E-state index contributed by atoms with van der Waals surface area (Å²) in [6, 6.07) is 42.4. The topological polar surface area (TPSA) is 383 Å². The van der Waals surface area contributed by atoms with Crippen molar-refractivity contribution in [3.05, 3.63) is 235 Å². The number of halogens is 10. The van der Waals surface area contributed by atoms with Gasteiger partial charge in [-0.2, -0.15) is 26.3 Å². The van der Waals surface area contributed by atoms with Crippen LogP contribution in [-0.2, 0) is 38.3 Å². The monoisotopic (exact) mass is 1820 g/mol. The predicted octanol–water partition coefficient (Wildman–Crippen LogP) is 17.0. The summed E-state index contributed by atoms with van der Waals surface area (Å²) < 4.78 is 117. The lowest BCUT2D eigenvalue weighted by molar-refractivity contribution is 0.00578. The second kappa shape index (κ2) is 38.0. The van der Waals surface area contributed by atoms with Crippen LogP contribution in [0.25, 0.3) is 47.1 Å². The highest BCUT2D eigenvalue weighted by Gasteiger charge is 2.64. The van der Waals surface area contributed by atoms with E-state index in [4.69, 9.17) is 117 Å². The zero-order valence-electron chi connectivity index (χ0n) is 66.3. The van der Waals surface area contributed by atoms with Gasteiger partial charge in [0.15, 0.2) is 0 Å². The zero-order chi connectivity index (χ0) is 90.3. The van der Waals surface area contributed by atoms with E-state index in [1.807, 2.05) is 79.7 Å². The lowest BCUT2D eigenvalue weighted by Gasteiger charge is -2.32. The van der Waals surface area contributed by atoms with E-state index in [1.54, 1.807) is 78.9 Å². The molecule has 2 aliphatic heterocycles. The number of phenolic OH excluding ortho intramolecular Hbond substituents is 1. The number of nitriles is 5. The molecule has 0 amide bonds. The Kier molecular flexibility index (Phi) is 28.6. The molecular formula is C81H66B3Cl4F6N15O12S3. The van der Waals surface area contributed by atoms with Crippen LogP contribution in [0, 0.1) is 81.0 Å². The normalized spacial score (nSPS) is 17.8. The number of fused-ring (bicyclic) bond motifs is 3. The van der Waals surface area contributed by atoms with Crippen LogP contribution in [0.5, 0.6) is 28.7 Å². The third-order valence-electron chi connectivity index (χ3n) is 20.2. The molecule has 43 heteroatoms. The van der Waals surface area contributed by atoms with Crippen molar-refractivity contribution >= 4 is 144 Å². The van der Waals surface area contributed by atoms with E-state index in [1.165, 1.54) is 80.8 Å². The van der Waals surface area contributed by atoms with Crippen molar-refractivity contribution in [2.45, 2.75) is 134 Å². The third-order valence-corrected chi connectivity index (χ3v) is 23.9. The summed E-state index contributed by atoms with van der Waals surface area (Å²) in [6.45, 7) is 22.8. The summed E-state index contributed by atoms with van der Waals surface area (Å²) in [5.74, 6) is -8.48. The molecule has 124 heavy (non-hydrogen) atoms. The van der Waals surface area contributed by atoms with Crippen molar-refractivity contribution in [1.29, 1.82) is 26.3 Å². The molecule has 2 saturated heterocycles. The van der Waals surface area contributed by atoms with E-state index in [-0.39, 0.29) is 104 Å². The number of hydrogen-bond acceptors (Lipinski definition) is 26. The SMILES string of the molecule is CC1(C)OB(B2OC(C)(C)C(C)(C)O2)OC1(C)C.N#Cc1cc(Cl)ccn1.N#Cc1cc(Oc2ccc(C#N)c(-c3ccc4c(n3)sc(=O)n4CC3CC3(F)F)c2)ccn1.N#Cc1cc(Oc2ccc(C#N)c(Cl)c2)ccn1.O=c1sc2nc(B(O)O)ccc2n1CC1CC1(F)F.O=c1sc2nc(Cl)ccc2n1CC1CC1(F)F.[C-]#[N+]c1ccc(O)cc1Cl. The van der Waals surface area contributed by atoms with Crippen LogP contribution >= 0.6 is 80.4 Å². The van der Waals surface area contributed by atoms with Crippen LogP contribution in [-0.4, -0.2) is 120 Å². The first-order valence-electron chi connectivity index (χ1n) is 37.0. The summed E-state index contributed by atoms with van der Waals surface area (Å²) in [5, 5.41) is 72.6. The maximum absolute atomic E-state index is 13.3. The molecule has 5 fully saturated rings. The first-order chi connectivity index (χ1) is 58.4. The van der Waals surface area contributed by atoms with Crippen molar-refractivity contribution < 1.29 is 69.6 Å². The number of hydrogen-bond donors (Lipinski definition) is 3. The number of pyridine rings is 6. The summed E-state index contributed by atoms with van der Waals surface area (Å²) in [4.78, 5) is 63.1. The van der Waals surface area contributed by atoms with E-state index in [9.17, 15) is 46.0 Å². The highest BCUT2D eigenvalue weighted by Crippen LogP contribution is 2.52. The zero-order valence-corrected chi connectivity index (χ0v) is 71.8. The Balaban J connectivity index is 0.000000146. The average molecular weight is 1830 g/mol. The van der Waals surface area contributed by atoms with E-state index >= 15 is 0 Å². The molecule has 17 rings (SSSR count). The second-order valence-electron chi connectivity index (χ2n) is 30.1. The van der Waals surface area contributed by atoms with Gasteiger partial charge in [-0.1, -0.05) is 86.5 Å². The number of aromatic nitrogens is 9. The fourth-order valence-electron chi connectivity index (χ4n) is 11.7. The number of phenols is 1. The van der Waals surface area contributed by atoms with Crippen LogP contribution in [0.1, 0.15) is 103 Å². The van der Waals surface area contributed by atoms with Gasteiger partial charge in [-0.15, -0.1) is 0 Å². The largest absolute Gasteiger partial charge is 0.508 e. The maximum Gasteiger partial charge on any atom is 0.508 e. The number of thiazole rings is 3. The molecule has 0 bridgehead atoms. The lowest BCUT2D eigenvalue weighted by atomic mass is 9.49. The van der Waals surface area contributed by atoms with Crippen molar-refractivity contribution in [3.63, 3.8) is 0 Å². The van der Waals surface area contributed by atoms with Gasteiger partial charge in [-0.25, -0.2) is 61.1 Å². The van der Waals surface area contributed by atoms with E-state index in [2.05, 4.69) is 40.8 Å². The van der Waals surface area contributed by atoms with Gasteiger partial charge in [0.1, 0.15) is 89.8 Å². The van der Waals surface area contributed by atoms with Gasteiger partial charge in [0.2, 0.25) is 5.69 Å². The molecule has 3 N–H and O–H groups in total. The van der Waals surface area contributed by atoms with Crippen LogP contribution in [0.3, 0.4) is 0 Å². The molecule has 3 atom stereocenters. The van der Waals surface area contributed by atoms with Gasteiger partial charge in [0, 0.05) is 104 Å². The van der Waals surface area contributed by atoms with Crippen LogP contribution in [0.15, 0.2) is 160 Å². The molecule has 0 spiro atoms. The molecule has 634 valence electrons.